The molecule has 0 aliphatic carbocycles. The molecule has 7 heteroatoms. The third kappa shape index (κ3) is 4.30. The number of aromatic nitrogens is 3. The molecule has 5 rings (SSSR count). The molecule has 1 amide bonds. The van der Waals surface area contributed by atoms with E-state index < -0.39 is 0 Å². The van der Waals surface area contributed by atoms with Crippen LogP contribution < -0.4 is 4.74 Å². The summed E-state index contributed by atoms with van der Waals surface area (Å²) in [6, 6.07) is 21.0. The quantitative estimate of drug-likeness (QED) is 0.481. The number of carbonyl (C=O) groups is 1. The molecular weight excluding hydrogens is 392 g/mol. The van der Waals surface area contributed by atoms with Crippen LogP contribution in [0.1, 0.15) is 5.56 Å². The molecule has 0 N–H and O–H groups in total. The zero-order valence-corrected chi connectivity index (χ0v) is 16.7. The zero-order valence-electron chi connectivity index (χ0n) is 16.7. The number of ether oxygens (including phenoxy) is 1. The topological polar surface area (TPSA) is 81.4 Å². The summed E-state index contributed by atoms with van der Waals surface area (Å²) < 4.78 is 11.3. The van der Waals surface area contributed by atoms with Gasteiger partial charge in [-0.25, -0.2) is 0 Å². The first-order valence-corrected chi connectivity index (χ1v) is 10.1. The van der Waals surface area contributed by atoms with Crippen molar-refractivity contribution in [1.29, 1.82) is 0 Å². The number of hydrogen-bond donors (Lipinski definition) is 0. The van der Waals surface area contributed by atoms with Gasteiger partial charge < -0.3 is 14.2 Å². The maximum atomic E-state index is 12.3. The number of hydrogen-bond acceptors (Lipinski definition) is 6. The lowest BCUT2D eigenvalue weighted by Crippen LogP contribution is -2.56. The Kier molecular flexibility index (Phi) is 5.14. The highest BCUT2D eigenvalue weighted by atomic mass is 16.5. The Morgan fingerprint density at radius 1 is 1.00 bits per heavy atom. The van der Waals surface area contributed by atoms with Gasteiger partial charge in [-0.1, -0.05) is 29.4 Å². The summed E-state index contributed by atoms with van der Waals surface area (Å²) in [5, 5.41) is 4.07. The molecule has 0 bridgehead atoms. The van der Waals surface area contributed by atoms with E-state index in [9.17, 15) is 4.79 Å². The van der Waals surface area contributed by atoms with Gasteiger partial charge >= 0.3 is 0 Å². The van der Waals surface area contributed by atoms with Crippen molar-refractivity contribution in [2.75, 3.05) is 13.1 Å². The summed E-state index contributed by atoms with van der Waals surface area (Å²) in [5.74, 6) is 1.86. The Balaban J connectivity index is 1.15. The Labute approximate surface area is 179 Å². The fourth-order valence-electron chi connectivity index (χ4n) is 3.42. The minimum Gasteiger partial charge on any atom is -0.487 e. The first-order valence-electron chi connectivity index (χ1n) is 10.1. The second-order valence-corrected chi connectivity index (χ2v) is 7.39. The van der Waals surface area contributed by atoms with Crippen LogP contribution in [0.15, 0.2) is 83.6 Å². The number of likely N-dealkylation sites (tertiary alicyclic amines) is 1. The normalized spacial score (nSPS) is 13.6. The molecule has 2 aromatic heterocycles. The summed E-state index contributed by atoms with van der Waals surface area (Å²) >= 11 is 0. The molecule has 0 radical (unpaired) electrons. The molecular formula is C24H20N4O3. The van der Waals surface area contributed by atoms with Crippen LogP contribution in [0.4, 0.5) is 0 Å². The Hall–Kier alpha value is -4.00. The van der Waals surface area contributed by atoms with Crippen molar-refractivity contribution in [3.05, 3.63) is 84.7 Å². The van der Waals surface area contributed by atoms with Crippen molar-refractivity contribution in [3.63, 3.8) is 0 Å². The van der Waals surface area contributed by atoms with E-state index in [-0.39, 0.29) is 12.0 Å². The molecule has 0 saturated carbocycles. The van der Waals surface area contributed by atoms with E-state index >= 15 is 0 Å². The lowest BCUT2D eigenvalue weighted by molar-refractivity contribution is -0.139. The number of pyridine rings is 1. The van der Waals surface area contributed by atoms with Crippen LogP contribution in [-0.4, -0.2) is 45.1 Å². The van der Waals surface area contributed by atoms with Crippen molar-refractivity contribution in [1.82, 2.24) is 20.0 Å². The highest BCUT2D eigenvalue weighted by Gasteiger charge is 2.32. The van der Waals surface area contributed by atoms with Crippen LogP contribution in [0.2, 0.25) is 0 Å². The molecule has 7 nitrogen and oxygen atoms in total. The van der Waals surface area contributed by atoms with Crippen LogP contribution in [0.25, 0.3) is 22.8 Å². The van der Waals surface area contributed by atoms with E-state index in [1.807, 2.05) is 66.7 Å². The molecule has 3 heterocycles. The van der Waals surface area contributed by atoms with Gasteiger partial charge in [0.25, 0.3) is 5.89 Å². The maximum Gasteiger partial charge on any atom is 0.258 e. The summed E-state index contributed by atoms with van der Waals surface area (Å²) in [4.78, 5) is 22.6. The van der Waals surface area contributed by atoms with Crippen molar-refractivity contribution in [3.8, 4) is 28.6 Å². The lowest BCUT2D eigenvalue weighted by atomic mass is 10.1. The summed E-state index contributed by atoms with van der Waals surface area (Å²) in [6.07, 6.45) is 3.79. The predicted octanol–water partition coefficient (Wildman–Crippen LogP) is 3.63. The predicted molar refractivity (Wildman–Crippen MR) is 114 cm³/mol. The average Bonchev–Trinajstić information content (AvgIpc) is 3.28. The average molecular weight is 412 g/mol. The fourth-order valence-corrected chi connectivity index (χ4v) is 3.42. The van der Waals surface area contributed by atoms with Crippen LogP contribution in [0, 0.1) is 0 Å². The number of nitrogens with zero attached hydrogens (tertiary/aromatic N) is 4. The van der Waals surface area contributed by atoms with Crippen molar-refractivity contribution < 1.29 is 14.1 Å². The molecule has 154 valence electrons. The van der Waals surface area contributed by atoms with Gasteiger partial charge in [-0.15, -0.1) is 0 Å². The Bertz CT molecular complexity index is 1150. The molecule has 0 atom stereocenters. The fraction of sp³-hybridized carbons (Fsp3) is 0.167. The van der Waals surface area contributed by atoms with E-state index in [1.165, 1.54) is 0 Å². The van der Waals surface area contributed by atoms with Crippen LogP contribution in [-0.2, 0) is 11.2 Å². The van der Waals surface area contributed by atoms with Gasteiger partial charge in [0.15, 0.2) is 0 Å². The molecule has 0 unspecified atom stereocenters. The summed E-state index contributed by atoms with van der Waals surface area (Å²) in [7, 11) is 0. The molecule has 1 aliphatic rings. The van der Waals surface area contributed by atoms with E-state index in [2.05, 4.69) is 15.1 Å². The standard InChI is InChI=1S/C24H20N4O3/c29-22(13-17-5-4-12-25-14-17)28-15-21(16-28)30-20-10-8-18(9-11-20)23-26-24(31-27-23)19-6-2-1-3-7-19/h1-12,14,21H,13,15-16H2. The molecule has 1 saturated heterocycles. The minimum atomic E-state index is -0.00134. The van der Waals surface area contributed by atoms with Gasteiger partial charge in [0.05, 0.1) is 19.5 Å². The zero-order chi connectivity index (χ0) is 21.0. The summed E-state index contributed by atoms with van der Waals surface area (Å²) in [6.45, 7) is 1.18. The smallest absolute Gasteiger partial charge is 0.258 e. The number of carbonyl (C=O) groups excluding carboxylic acids is 1. The molecule has 2 aromatic carbocycles. The highest BCUT2D eigenvalue weighted by molar-refractivity contribution is 5.79. The van der Waals surface area contributed by atoms with E-state index in [4.69, 9.17) is 9.26 Å². The molecule has 31 heavy (non-hydrogen) atoms. The maximum absolute atomic E-state index is 12.3. The number of benzene rings is 2. The second kappa shape index (κ2) is 8.39. The number of rotatable bonds is 6. The van der Waals surface area contributed by atoms with E-state index in [1.54, 1.807) is 17.3 Å². The summed E-state index contributed by atoms with van der Waals surface area (Å²) in [5.41, 5.74) is 2.65. The lowest BCUT2D eigenvalue weighted by Gasteiger charge is -2.39. The Morgan fingerprint density at radius 3 is 2.55 bits per heavy atom. The van der Waals surface area contributed by atoms with Crippen molar-refractivity contribution in [2.24, 2.45) is 0 Å². The van der Waals surface area contributed by atoms with Crippen molar-refractivity contribution in [2.45, 2.75) is 12.5 Å². The first-order chi connectivity index (χ1) is 15.2. The second-order valence-electron chi connectivity index (χ2n) is 7.39. The SMILES string of the molecule is O=C(Cc1cccnc1)N1CC(Oc2ccc(-c3noc(-c4ccccc4)n3)cc2)C1. The van der Waals surface area contributed by atoms with Crippen LogP contribution >= 0.6 is 0 Å². The highest BCUT2D eigenvalue weighted by Crippen LogP contribution is 2.25. The van der Waals surface area contributed by atoms with Gasteiger partial charge in [-0.2, -0.15) is 4.98 Å². The largest absolute Gasteiger partial charge is 0.487 e. The third-order valence-electron chi connectivity index (χ3n) is 5.14. The molecule has 0 spiro atoms. The third-order valence-corrected chi connectivity index (χ3v) is 5.14. The molecule has 1 fully saturated rings. The van der Waals surface area contributed by atoms with Gasteiger partial charge in [0, 0.05) is 23.5 Å². The Morgan fingerprint density at radius 2 is 1.81 bits per heavy atom. The minimum absolute atomic E-state index is 0.00134. The van der Waals surface area contributed by atoms with Gasteiger partial charge in [0.2, 0.25) is 11.7 Å². The van der Waals surface area contributed by atoms with Crippen molar-refractivity contribution >= 4 is 5.91 Å². The van der Waals surface area contributed by atoms with E-state index in [0.717, 1.165) is 22.4 Å². The van der Waals surface area contributed by atoms with Gasteiger partial charge in [-0.05, 0) is 48.0 Å². The number of amides is 1. The first kappa shape index (κ1) is 19.0. The van der Waals surface area contributed by atoms with Gasteiger partial charge in [-0.3, -0.25) is 9.78 Å². The van der Waals surface area contributed by atoms with Crippen LogP contribution in [0.3, 0.4) is 0 Å². The molecule has 1 aliphatic heterocycles. The van der Waals surface area contributed by atoms with Gasteiger partial charge in [0.1, 0.15) is 11.9 Å². The monoisotopic (exact) mass is 412 g/mol. The molecule has 4 aromatic rings. The van der Waals surface area contributed by atoms with E-state index in [0.29, 0.717) is 31.2 Å². The van der Waals surface area contributed by atoms with Crippen LogP contribution in [0.5, 0.6) is 5.75 Å².